The number of aromatic nitrogens is 2. The van der Waals surface area contributed by atoms with E-state index in [1.807, 2.05) is 0 Å². The van der Waals surface area contributed by atoms with Gasteiger partial charge in [0.05, 0.1) is 22.1 Å². The SMILES string of the molecule is O=[N+]([O-])c1ccc(-c2cc(C(F)(F)F)nn2-c2ccc(CS(=O)O)cc2)cc1. The van der Waals surface area contributed by atoms with Gasteiger partial charge in [0.25, 0.3) is 5.69 Å². The van der Waals surface area contributed by atoms with Crippen LogP contribution in [0.25, 0.3) is 16.9 Å². The van der Waals surface area contributed by atoms with Crippen LogP contribution in [0.1, 0.15) is 11.3 Å². The lowest BCUT2D eigenvalue weighted by Crippen LogP contribution is -2.07. The number of alkyl halides is 3. The third-order valence-electron chi connectivity index (χ3n) is 3.84. The molecule has 28 heavy (non-hydrogen) atoms. The second-order valence-electron chi connectivity index (χ2n) is 5.76. The topological polar surface area (TPSA) is 98.3 Å². The smallest absolute Gasteiger partial charge is 0.306 e. The Morgan fingerprint density at radius 3 is 2.21 bits per heavy atom. The van der Waals surface area contributed by atoms with Gasteiger partial charge in [0.15, 0.2) is 16.8 Å². The van der Waals surface area contributed by atoms with Gasteiger partial charge in [-0.05, 0) is 35.9 Å². The molecule has 0 fully saturated rings. The van der Waals surface area contributed by atoms with Crippen molar-refractivity contribution in [1.82, 2.24) is 9.78 Å². The monoisotopic (exact) mass is 411 g/mol. The molecule has 3 aromatic rings. The van der Waals surface area contributed by atoms with Gasteiger partial charge in [0, 0.05) is 17.7 Å². The molecule has 11 heteroatoms. The molecule has 0 aliphatic rings. The predicted octanol–water partition coefficient (Wildman–Crippen LogP) is 4.19. The van der Waals surface area contributed by atoms with Crippen molar-refractivity contribution < 1.29 is 26.9 Å². The summed E-state index contributed by atoms with van der Waals surface area (Å²) in [6.45, 7) is 0. The fraction of sp³-hybridized carbons (Fsp3) is 0.118. The number of rotatable bonds is 5. The Morgan fingerprint density at radius 2 is 1.71 bits per heavy atom. The van der Waals surface area contributed by atoms with E-state index in [0.717, 1.165) is 10.7 Å². The molecule has 0 amide bonds. The molecule has 0 aliphatic heterocycles. The minimum absolute atomic E-state index is 0.0979. The zero-order valence-corrected chi connectivity index (χ0v) is 14.8. The van der Waals surface area contributed by atoms with E-state index in [1.165, 1.54) is 48.5 Å². The number of non-ortho nitro benzene ring substituents is 1. The highest BCUT2D eigenvalue weighted by molar-refractivity contribution is 7.78. The first-order valence-electron chi connectivity index (χ1n) is 7.74. The lowest BCUT2D eigenvalue weighted by molar-refractivity contribution is -0.384. The van der Waals surface area contributed by atoms with E-state index in [1.54, 1.807) is 0 Å². The molecule has 7 nitrogen and oxygen atoms in total. The van der Waals surface area contributed by atoms with E-state index in [0.29, 0.717) is 16.8 Å². The molecule has 1 atom stereocenters. The molecule has 3 rings (SSSR count). The molecule has 0 saturated carbocycles. The van der Waals surface area contributed by atoms with Crippen LogP contribution in [-0.2, 0) is 23.0 Å². The molecular weight excluding hydrogens is 399 g/mol. The molecule has 1 unspecified atom stereocenters. The molecule has 146 valence electrons. The number of nitro groups is 1. The Bertz CT molecular complexity index is 1030. The summed E-state index contributed by atoms with van der Waals surface area (Å²) in [4.78, 5) is 10.2. The molecular formula is C17H12F3N3O4S. The van der Waals surface area contributed by atoms with E-state index in [-0.39, 0.29) is 17.1 Å². The summed E-state index contributed by atoms with van der Waals surface area (Å²) in [5.74, 6) is -0.109. The van der Waals surface area contributed by atoms with Crippen LogP contribution >= 0.6 is 0 Å². The zero-order valence-electron chi connectivity index (χ0n) is 14.0. The number of hydrogen-bond acceptors (Lipinski definition) is 4. The van der Waals surface area contributed by atoms with Crippen LogP contribution in [0.2, 0.25) is 0 Å². The lowest BCUT2D eigenvalue weighted by Gasteiger charge is -2.08. The molecule has 1 aromatic heterocycles. The van der Waals surface area contributed by atoms with Crippen molar-refractivity contribution in [1.29, 1.82) is 0 Å². The molecule has 1 N–H and O–H groups in total. The van der Waals surface area contributed by atoms with Crippen molar-refractivity contribution in [2.24, 2.45) is 0 Å². The number of benzene rings is 2. The molecule has 2 aromatic carbocycles. The van der Waals surface area contributed by atoms with Crippen molar-refractivity contribution in [3.8, 4) is 16.9 Å². The van der Waals surface area contributed by atoms with E-state index in [9.17, 15) is 27.5 Å². The van der Waals surface area contributed by atoms with Gasteiger partial charge in [-0.25, -0.2) is 8.89 Å². The van der Waals surface area contributed by atoms with Crippen LogP contribution in [0.5, 0.6) is 0 Å². The molecule has 1 heterocycles. The molecule has 0 radical (unpaired) electrons. The first kappa shape index (κ1) is 19.7. The fourth-order valence-corrected chi connectivity index (χ4v) is 3.03. The summed E-state index contributed by atoms with van der Waals surface area (Å²) in [5.41, 5.74) is -0.0514. The lowest BCUT2D eigenvalue weighted by atomic mass is 10.1. The second-order valence-corrected chi connectivity index (χ2v) is 6.69. The van der Waals surface area contributed by atoms with Crippen molar-refractivity contribution in [3.63, 3.8) is 0 Å². The van der Waals surface area contributed by atoms with Crippen LogP contribution in [0.15, 0.2) is 54.6 Å². The quantitative estimate of drug-likeness (QED) is 0.386. The van der Waals surface area contributed by atoms with Crippen LogP contribution in [0.3, 0.4) is 0 Å². The summed E-state index contributed by atoms with van der Waals surface area (Å²) in [6.07, 6.45) is -4.67. The molecule has 0 spiro atoms. The summed E-state index contributed by atoms with van der Waals surface area (Å²) in [5, 5.41) is 14.4. The van der Waals surface area contributed by atoms with Gasteiger partial charge in [-0.1, -0.05) is 12.1 Å². The van der Waals surface area contributed by atoms with Crippen LogP contribution in [-0.4, -0.2) is 23.5 Å². The average Bonchev–Trinajstić information content (AvgIpc) is 3.07. The highest BCUT2D eigenvalue weighted by Gasteiger charge is 2.35. The van der Waals surface area contributed by atoms with Crippen molar-refractivity contribution in [3.05, 3.63) is 76.0 Å². The molecule has 0 saturated heterocycles. The Kier molecular flexibility index (Phi) is 5.29. The predicted molar refractivity (Wildman–Crippen MR) is 95.1 cm³/mol. The van der Waals surface area contributed by atoms with Crippen LogP contribution in [0, 0.1) is 10.1 Å². The second kappa shape index (κ2) is 7.52. The van der Waals surface area contributed by atoms with E-state index in [2.05, 4.69) is 5.10 Å². The van der Waals surface area contributed by atoms with Gasteiger partial charge >= 0.3 is 6.18 Å². The van der Waals surface area contributed by atoms with E-state index >= 15 is 0 Å². The minimum atomic E-state index is -4.67. The van der Waals surface area contributed by atoms with Gasteiger partial charge in [-0.3, -0.25) is 10.1 Å². The first-order chi connectivity index (χ1) is 13.1. The third-order valence-corrected chi connectivity index (χ3v) is 4.43. The van der Waals surface area contributed by atoms with Crippen molar-refractivity contribution in [2.45, 2.75) is 11.9 Å². The van der Waals surface area contributed by atoms with Crippen LogP contribution < -0.4 is 0 Å². The number of nitro benzene ring substituents is 1. The number of hydrogen-bond donors (Lipinski definition) is 1. The van der Waals surface area contributed by atoms with E-state index in [4.69, 9.17) is 4.55 Å². The van der Waals surface area contributed by atoms with Gasteiger partial charge in [-0.15, -0.1) is 0 Å². The number of halogens is 3. The Morgan fingerprint density at radius 1 is 1.11 bits per heavy atom. The summed E-state index contributed by atoms with van der Waals surface area (Å²) in [7, 11) is 0. The average molecular weight is 411 g/mol. The Hall–Kier alpha value is -3.05. The highest BCUT2D eigenvalue weighted by atomic mass is 32.2. The van der Waals surface area contributed by atoms with Gasteiger partial charge in [-0.2, -0.15) is 18.3 Å². The first-order valence-corrected chi connectivity index (χ1v) is 9.01. The van der Waals surface area contributed by atoms with Crippen molar-refractivity contribution >= 4 is 16.8 Å². The molecule has 0 bridgehead atoms. The maximum absolute atomic E-state index is 13.2. The number of nitrogens with zero attached hydrogens (tertiary/aromatic N) is 3. The van der Waals surface area contributed by atoms with E-state index < -0.39 is 27.9 Å². The summed E-state index contributed by atoms with van der Waals surface area (Å²) < 4.78 is 60.4. The summed E-state index contributed by atoms with van der Waals surface area (Å²) >= 11 is -2.04. The van der Waals surface area contributed by atoms with Gasteiger partial charge in [0.2, 0.25) is 0 Å². The highest BCUT2D eigenvalue weighted by Crippen LogP contribution is 2.33. The summed E-state index contributed by atoms with van der Waals surface area (Å²) in [6, 6.07) is 11.9. The normalized spacial score (nSPS) is 12.7. The maximum atomic E-state index is 13.2. The van der Waals surface area contributed by atoms with Crippen LogP contribution in [0.4, 0.5) is 18.9 Å². The Balaban J connectivity index is 2.08. The standard InChI is InChI=1S/C17H12F3N3O4S/c18-17(19,20)16-9-15(12-3-7-14(8-4-12)23(24)25)22(21-16)13-5-1-11(2-6-13)10-28(26)27/h1-9H,10H2,(H,26,27). The Labute approximate surface area is 158 Å². The van der Waals surface area contributed by atoms with Gasteiger partial charge in [0.1, 0.15) is 0 Å². The zero-order chi connectivity index (χ0) is 20.5. The van der Waals surface area contributed by atoms with Gasteiger partial charge < -0.3 is 4.55 Å². The van der Waals surface area contributed by atoms with Crippen molar-refractivity contribution in [2.75, 3.05) is 0 Å². The largest absolute Gasteiger partial charge is 0.435 e. The maximum Gasteiger partial charge on any atom is 0.435 e. The minimum Gasteiger partial charge on any atom is -0.306 e. The third kappa shape index (κ3) is 4.26. The molecule has 0 aliphatic carbocycles. The fourth-order valence-electron chi connectivity index (χ4n) is 2.55.